The molecule has 1 aliphatic heterocycles. The van der Waals surface area contributed by atoms with Crippen molar-refractivity contribution in [3.8, 4) is 0 Å². The van der Waals surface area contributed by atoms with Gasteiger partial charge in [0.15, 0.2) is 5.16 Å². The van der Waals surface area contributed by atoms with Crippen LogP contribution in [-0.2, 0) is 9.53 Å². The first-order valence-corrected chi connectivity index (χ1v) is 10.3. The lowest BCUT2D eigenvalue weighted by Gasteiger charge is -2.29. The summed E-state index contributed by atoms with van der Waals surface area (Å²) >= 11 is 1.50. The van der Waals surface area contributed by atoms with Gasteiger partial charge in [-0.1, -0.05) is 18.7 Å². The topological polar surface area (TPSA) is 97.0 Å². The van der Waals surface area contributed by atoms with Crippen molar-refractivity contribution in [3.63, 3.8) is 0 Å². The van der Waals surface area contributed by atoms with E-state index in [0.29, 0.717) is 27.8 Å². The Kier molecular flexibility index (Phi) is 6.18. The molecular weight excluding hydrogens is 376 g/mol. The van der Waals surface area contributed by atoms with Gasteiger partial charge in [0, 0.05) is 23.8 Å². The Morgan fingerprint density at radius 1 is 1.32 bits per heavy atom. The van der Waals surface area contributed by atoms with Gasteiger partial charge in [0.1, 0.15) is 5.82 Å². The molecule has 148 valence electrons. The van der Waals surface area contributed by atoms with Gasteiger partial charge in [-0.15, -0.1) is 0 Å². The number of carbonyl (C=O) groups is 1. The number of nitrogens with zero attached hydrogens (tertiary/aromatic N) is 2. The number of allylic oxidation sites excluding steroid dienone is 1. The molecule has 0 bridgehead atoms. The number of hydrogen-bond acceptors (Lipinski definition) is 7. The Labute approximate surface area is 168 Å². The molecule has 2 aromatic heterocycles. The van der Waals surface area contributed by atoms with Crippen molar-refractivity contribution in [2.24, 2.45) is 0 Å². The first-order chi connectivity index (χ1) is 13.4. The van der Waals surface area contributed by atoms with E-state index in [0.717, 1.165) is 17.7 Å². The van der Waals surface area contributed by atoms with Crippen LogP contribution < -0.4 is 10.9 Å². The van der Waals surface area contributed by atoms with Crippen LogP contribution in [0.1, 0.15) is 51.2 Å². The molecule has 7 nitrogen and oxygen atoms in total. The maximum Gasteiger partial charge on any atom is 0.337 e. The maximum absolute atomic E-state index is 13.0. The van der Waals surface area contributed by atoms with Gasteiger partial charge in [-0.25, -0.2) is 9.78 Å². The van der Waals surface area contributed by atoms with Crippen molar-refractivity contribution in [1.82, 2.24) is 15.0 Å². The van der Waals surface area contributed by atoms with E-state index < -0.39 is 11.9 Å². The number of thioether (sulfide) groups is 1. The summed E-state index contributed by atoms with van der Waals surface area (Å²) in [5, 5.41) is 3.70. The Hall–Kier alpha value is -2.61. The van der Waals surface area contributed by atoms with Crippen molar-refractivity contribution in [3.05, 3.63) is 57.3 Å². The van der Waals surface area contributed by atoms with Crippen molar-refractivity contribution in [2.45, 2.75) is 51.3 Å². The number of H-pyrrole nitrogens is 1. The SMILES string of the molecule is CCCSc1nc2c(c(=O)[nH]1)[C@@H](c1ccncc1)C(C(=O)OC(C)C)=C(C)N2. The summed E-state index contributed by atoms with van der Waals surface area (Å²) in [7, 11) is 0. The third-order valence-corrected chi connectivity index (χ3v) is 5.34. The van der Waals surface area contributed by atoms with Crippen LogP contribution in [-0.4, -0.2) is 32.8 Å². The Balaban J connectivity index is 2.16. The summed E-state index contributed by atoms with van der Waals surface area (Å²) in [6.45, 7) is 7.46. The lowest BCUT2D eigenvalue weighted by atomic mass is 9.83. The summed E-state index contributed by atoms with van der Waals surface area (Å²) in [6, 6.07) is 3.60. The molecule has 0 unspecified atom stereocenters. The zero-order valence-corrected chi connectivity index (χ0v) is 17.2. The van der Waals surface area contributed by atoms with Crippen LogP contribution in [0.15, 0.2) is 45.7 Å². The molecule has 0 saturated carbocycles. The van der Waals surface area contributed by atoms with Crippen LogP contribution in [0.25, 0.3) is 0 Å². The number of carbonyl (C=O) groups excluding carboxylic acids is 1. The largest absolute Gasteiger partial charge is 0.460 e. The molecule has 28 heavy (non-hydrogen) atoms. The monoisotopic (exact) mass is 400 g/mol. The molecule has 0 aliphatic carbocycles. The molecule has 3 heterocycles. The average Bonchev–Trinajstić information content (AvgIpc) is 2.65. The minimum atomic E-state index is -0.577. The number of aromatic nitrogens is 3. The number of pyridine rings is 1. The van der Waals surface area contributed by atoms with E-state index in [4.69, 9.17) is 4.74 Å². The summed E-state index contributed by atoms with van der Waals surface area (Å²) in [5.74, 6) is 0.307. The van der Waals surface area contributed by atoms with Gasteiger partial charge in [-0.3, -0.25) is 9.78 Å². The summed E-state index contributed by atoms with van der Waals surface area (Å²) in [4.78, 5) is 37.3. The highest BCUT2D eigenvalue weighted by molar-refractivity contribution is 7.99. The third-order valence-electron chi connectivity index (χ3n) is 4.27. The summed E-state index contributed by atoms with van der Waals surface area (Å²) < 4.78 is 5.45. The fourth-order valence-corrected chi connectivity index (χ4v) is 3.85. The van der Waals surface area contributed by atoms with Gasteiger partial charge >= 0.3 is 5.97 Å². The van der Waals surface area contributed by atoms with E-state index in [1.54, 1.807) is 45.3 Å². The van der Waals surface area contributed by atoms with Crippen molar-refractivity contribution in [2.75, 3.05) is 11.1 Å². The van der Waals surface area contributed by atoms with E-state index in [1.165, 1.54) is 11.8 Å². The van der Waals surface area contributed by atoms with Crippen LogP contribution in [0.5, 0.6) is 0 Å². The molecule has 0 fully saturated rings. The van der Waals surface area contributed by atoms with Crippen LogP contribution >= 0.6 is 11.8 Å². The van der Waals surface area contributed by atoms with Gasteiger partial charge < -0.3 is 15.0 Å². The Morgan fingerprint density at radius 3 is 2.68 bits per heavy atom. The first-order valence-electron chi connectivity index (χ1n) is 9.28. The van der Waals surface area contributed by atoms with E-state index in [2.05, 4.69) is 27.2 Å². The van der Waals surface area contributed by atoms with Crippen molar-refractivity contribution >= 4 is 23.5 Å². The van der Waals surface area contributed by atoms with E-state index in [1.807, 2.05) is 0 Å². The van der Waals surface area contributed by atoms with Gasteiger partial charge in [0.2, 0.25) is 0 Å². The molecule has 2 aromatic rings. The zero-order valence-electron chi connectivity index (χ0n) is 16.4. The van der Waals surface area contributed by atoms with Crippen molar-refractivity contribution in [1.29, 1.82) is 0 Å². The predicted molar refractivity (Wildman–Crippen MR) is 110 cm³/mol. The molecular formula is C20H24N4O3S. The highest BCUT2D eigenvalue weighted by Gasteiger charge is 2.36. The maximum atomic E-state index is 13.0. The lowest BCUT2D eigenvalue weighted by molar-refractivity contribution is -0.143. The number of esters is 1. The molecule has 8 heteroatoms. The Bertz CT molecular complexity index is 954. The number of anilines is 1. The number of hydrogen-bond donors (Lipinski definition) is 2. The van der Waals surface area contributed by atoms with Crippen LogP contribution in [0.3, 0.4) is 0 Å². The van der Waals surface area contributed by atoms with Gasteiger partial charge in [-0.2, -0.15) is 0 Å². The number of nitrogens with one attached hydrogen (secondary N) is 2. The van der Waals surface area contributed by atoms with Crippen molar-refractivity contribution < 1.29 is 9.53 Å². The second kappa shape index (κ2) is 8.60. The van der Waals surface area contributed by atoms with Crippen LogP contribution in [0, 0.1) is 0 Å². The van der Waals surface area contributed by atoms with Gasteiger partial charge in [0.25, 0.3) is 5.56 Å². The van der Waals surface area contributed by atoms with E-state index in [-0.39, 0.29) is 11.7 Å². The lowest BCUT2D eigenvalue weighted by Crippen LogP contribution is -2.31. The van der Waals surface area contributed by atoms with E-state index in [9.17, 15) is 9.59 Å². The molecule has 3 rings (SSSR count). The van der Waals surface area contributed by atoms with Crippen LogP contribution in [0.2, 0.25) is 0 Å². The molecule has 0 radical (unpaired) electrons. The second-order valence-corrected chi connectivity index (χ2v) is 7.90. The molecule has 1 aliphatic rings. The van der Waals surface area contributed by atoms with Crippen LogP contribution in [0.4, 0.5) is 5.82 Å². The standard InChI is InChI=1S/C20H24N4O3S/c1-5-10-28-20-23-17-16(18(25)24-20)15(13-6-8-21-9-7-13)14(12(4)22-17)19(26)27-11(2)3/h6-9,11,15H,5,10H2,1-4H3,(H2,22,23,24,25)/t15-/m0/s1. The third kappa shape index (κ3) is 4.11. The smallest absolute Gasteiger partial charge is 0.337 e. The molecule has 2 N–H and O–H groups in total. The van der Waals surface area contributed by atoms with Gasteiger partial charge in [0.05, 0.1) is 23.2 Å². The highest BCUT2D eigenvalue weighted by Crippen LogP contribution is 2.40. The fourth-order valence-electron chi connectivity index (χ4n) is 3.14. The number of ether oxygens (including phenoxy) is 1. The normalized spacial score (nSPS) is 16.0. The first kappa shape index (κ1) is 20.1. The minimum absolute atomic E-state index is 0.264. The molecule has 0 amide bonds. The zero-order chi connectivity index (χ0) is 20.3. The van der Waals surface area contributed by atoms with Gasteiger partial charge in [-0.05, 0) is 44.9 Å². The molecule has 0 saturated heterocycles. The second-order valence-electron chi connectivity index (χ2n) is 6.81. The summed E-state index contributed by atoms with van der Waals surface area (Å²) in [5.41, 5.74) is 1.97. The molecule has 1 atom stereocenters. The fraction of sp³-hybridized carbons (Fsp3) is 0.400. The number of rotatable bonds is 6. The minimum Gasteiger partial charge on any atom is -0.460 e. The number of fused-ring (bicyclic) bond motifs is 1. The molecule has 0 aromatic carbocycles. The molecule has 0 spiro atoms. The highest BCUT2D eigenvalue weighted by atomic mass is 32.2. The Morgan fingerprint density at radius 2 is 2.04 bits per heavy atom. The predicted octanol–water partition coefficient (Wildman–Crippen LogP) is 3.45. The van der Waals surface area contributed by atoms with E-state index >= 15 is 0 Å². The number of aromatic amines is 1. The quantitative estimate of drug-likeness (QED) is 0.435. The average molecular weight is 401 g/mol. The summed E-state index contributed by atoms with van der Waals surface area (Å²) in [6.07, 6.45) is 4.00.